The minimum absolute atomic E-state index is 0.0102. The molecule has 94 valence electrons. The normalized spacial score (nSPS) is 12.5. The van der Waals surface area contributed by atoms with Crippen molar-refractivity contribution in [1.82, 2.24) is 0 Å². The molecule has 0 bridgehead atoms. The fourth-order valence-corrected chi connectivity index (χ4v) is 1.50. The number of benzene rings is 1. The quantitative estimate of drug-likeness (QED) is 0.712. The molecule has 0 aliphatic rings. The Kier molecular flexibility index (Phi) is 5.32. The summed E-state index contributed by atoms with van der Waals surface area (Å²) < 4.78 is 10.3. The highest BCUT2D eigenvalue weighted by atomic mass is 16.5. The molecule has 0 saturated carbocycles. The molecule has 0 amide bonds. The molecule has 0 aliphatic carbocycles. The molecule has 1 aromatic rings. The van der Waals surface area contributed by atoms with Gasteiger partial charge in [0.25, 0.3) is 0 Å². The van der Waals surface area contributed by atoms with Crippen LogP contribution in [0.4, 0.5) is 0 Å². The van der Waals surface area contributed by atoms with E-state index in [-0.39, 0.29) is 18.5 Å². The molecule has 0 radical (unpaired) electrons. The predicted molar refractivity (Wildman–Crippen MR) is 67.5 cm³/mol. The average Bonchev–Trinajstić information content (AvgIpc) is 2.30. The zero-order chi connectivity index (χ0) is 12.8. The van der Waals surface area contributed by atoms with E-state index in [2.05, 4.69) is 0 Å². The summed E-state index contributed by atoms with van der Waals surface area (Å²) in [6.45, 7) is 6.52. The number of aryl methyl sites for hydroxylation is 2. The van der Waals surface area contributed by atoms with Gasteiger partial charge in [-0.05, 0) is 38.0 Å². The van der Waals surface area contributed by atoms with E-state index in [0.717, 1.165) is 5.56 Å². The van der Waals surface area contributed by atoms with Crippen molar-refractivity contribution in [2.45, 2.75) is 26.9 Å². The molecular weight excluding hydrogens is 216 g/mol. The fourth-order valence-electron chi connectivity index (χ4n) is 1.50. The third kappa shape index (κ3) is 4.29. The highest BCUT2D eigenvalue weighted by Crippen LogP contribution is 2.10. The van der Waals surface area contributed by atoms with E-state index in [9.17, 15) is 4.79 Å². The minimum Gasteiger partial charge on any atom is -0.382 e. The molecule has 0 heterocycles. The maximum atomic E-state index is 11.9. The first-order valence-electron chi connectivity index (χ1n) is 5.75. The first kappa shape index (κ1) is 13.9. The highest BCUT2D eigenvalue weighted by Gasteiger charge is 2.09. The Morgan fingerprint density at radius 1 is 1.29 bits per heavy atom. The van der Waals surface area contributed by atoms with E-state index in [1.807, 2.05) is 39.0 Å². The molecule has 1 rings (SSSR count). The third-order valence-electron chi connectivity index (χ3n) is 2.73. The standard InChI is InChI=1S/C14H20O3/c1-10-5-6-13(7-11(10)2)14(15)9-17-12(3)8-16-4/h5-7,12H,8-9H2,1-4H3. The van der Waals surface area contributed by atoms with Crippen LogP contribution in [0.1, 0.15) is 28.4 Å². The summed E-state index contributed by atoms with van der Waals surface area (Å²) in [7, 11) is 1.62. The molecule has 3 heteroatoms. The third-order valence-corrected chi connectivity index (χ3v) is 2.73. The fraction of sp³-hybridized carbons (Fsp3) is 0.500. The molecule has 0 aromatic heterocycles. The van der Waals surface area contributed by atoms with Gasteiger partial charge in [-0.1, -0.05) is 12.1 Å². The van der Waals surface area contributed by atoms with Crippen LogP contribution in [0.5, 0.6) is 0 Å². The van der Waals surface area contributed by atoms with Crippen molar-refractivity contribution in [3.63, 3.8) is 0 Å². The average molecular weight is 236 g/mol. The van der Waals surface area contributed by atoms with Gasteiger partial charge in [0.05, 0.1) is 12.7 Å². The van der Waals surface area contributed by atoms with E-state index < -0.39 is 0 Å². The van der Waals surface area contributed by atoms with Crippen LogP contribution in [0.15, 0.2) is 18.2 Å². The summed E-state index contributed by atoms with van der Waals surface area (Å²) in [4.78, 5) is 11.9. The van der Waals surface area contributed by atoms with Crippen molar-refractivity contribution in [1.29, 1.82) is 0 Å². The van der Waals surface area contributed by atoms with Crippen molar-refractivity contribution in [3.05, 3.63) is 34.9 Å². The maximum absolute atomic E-state index is 11.9. The summed E-state index contributed by atoms with van der Waals surface area (Å²) in [5.74, 6) is 0.0102. The number of rotatable bonds is 6. The summed E-state index contributed by atoms with van der Waals surface area (Å²) in [6, 6.07) is 5.71. The lowest BCUT2D eigenvalue weighted by atomic mass is 10.0. The maximum Gasteiger partial charge on any atom is 0.188 e. The van der Waals surface area contributed by atoms with Crippen molar-refractivity contribution in [2.75, 3.05) is 20.3 Å². The number of Topliss-reactive ketones (excluding diaryl/α,β-unsaturated/α-hetero) is 1. The van der Waals surface area contributed by atoms with Gasteiger partial charge in [-0.3, -0.25) is 4.79 Å². The smallest absolute Gasteiger partial charge is 0.188 e. The van der Waals surface area contributed by atoms with Gasteiger partial charge in [0, 0.05) is 12.7 Å². The molecule has 1 unspecified atom stereocenters. The van der Waals surface area contributed by atoms with E-state index in [1.54, 1.807) is 7.11 Å². The van der Waals surface area contributed by atoms with E-state index in [1.165, 1.54) is 5.56 Å². The number of carbonyl (C=O) groups is 1. The first-order chi connectivity index (χ1) is 8.04. The molecular formula is C14H20O3. The van der Waals surface area contributed by atoms with E-state index in [4.69, 9.17) is 9.47 Å². The van der Waals surface area contributed by atoms with Gasteiger partial charge in [0.2, 0.25) is 0 Å². The summed E-state index contributed by atoms with van der Waals surface area (Å²) in [6.07, 6.45) is -0.0597. The second-order valence-electron chi connectivity index (χ2n) is 4.30. The summed E-state index contributed by atoms with van der Waals surface area (Å²) in [5.41, 5.74) is 3.02. The SMILES string of the molecule is COCC(C)OCC(=O)c1ccc(C)c(C)c1. The molecule has 3 nitrogen and oxygen atoms in total. The van der Waals surface area contributed by atoms with Gasteiger partial charge < -0.3 is 9.47 Å². The Labute approximate surface area is 103 Å². The lowest BCUT2D eigenvalue weighted by Crippen LogP contribution is -2.20. The zero-order valence-electron chi connectivity index (χ0n) is 10.9. The van der Waals surface area contributed by atoms with Crippen LogP contribution < -0.4 is 0 Å². The van der Waals surface area contributed by atoms with Crippen LogP contribution >= 0.6 is 0 Å². The number of ether oxygens (including phenoxy) is 2. The number of methoxy groups -OCH3 is 1. The van der Waals surface area contributed by atoms with Crippen molar-refractivity contribution in [3.8, 4) is 0 Å². The van der Waals surface area contributed by atoms with Crippen LogP contribution in [0.2, 0.25) is 0 Å². The first-order valence-corrected chi connectivity index (χ1v) is 5.75. The van der Waals surface area contributed by atoms with Gasteiger partial charge >= 0.3 is 0 Å². The molecule has 0 aliphatic heterocycles. The topological polar surface area (TPSA) is 35.5 Å². The molecule has 17 heavy (non-hydrogen) atoms. The summed E-state index contributed by atoms with van der Waals surface area (Å²) >= 11 is 0. The lowest BCUT2D eigenvalue weighted by molar-refractivity contribution is 0.0125. The van der Waals surface area contributed by atoms with Crippen LogP contribution in [0.3, 0.4) is 0 Å². The lowest BCUT2D eigenvalue weighted by Gasteiger charge is -2.11. The molecule has 0 saturated heterocycles. The second-order valence-corrected chi connectivity index (χ2v) is 4.30. The Morgan fingerprint density at radius 3 is 2.59 bits per heavy atom. The number of hydrogen-bond acceptors (Lipinski definition) is 3. The second kappa shape index (κ2) is 6.52. The van der Waals surface area contributed by atoms with Gasteiger partial charge in [-0.2, -0.15) is 0 Å². The molecule has 0 fully saturated rings. The van der Waals surface area contributed by atoms with Crippen LogP contribution in [-0.4, -0.2) is 32.2 Å². The van der Waals surface area contributed by atoms with E-state index >= 15 is 0 Å². The Balaban J connectivity index is 2.55. The molecule has 0 N–H and O–H groups in total. The number of carbonyl (C=O) groups excluding carboxylic acids is 1. The highest BCUT2D eigenvalue weighted by molar-refractivity contribution is 5.97. The molecule has 1 atom stereocenters. The Morgan fingerprint density at radius 2 is 2.00 bits per heavy atom. The Bertz CT molecular complexity index is 385. The predicted octanol–water partition coefficient (Wildman–Crippen LogP) is 2.54. The van der Waals surface area contributed by atoms with Crippen molar-refractivity contribution in [2.24, 2.45) is 0 Å². The van der Waals surface area contributed by atoms with Gasteiger partial charge in [-0.25, -0.2) is 0 Å². The van der Waals surface area contributed by atoms with Crippen molar-refractivity contribution >= 4 is 5.78 Å². The minimum atomic E-state index is -0.0597. The number of hydrogen-bond donors (Lipinski definition) is 0. The zero-order valence-corrected chi connectivity index (χ0v) is 10.9. The monoisotopic (exact) mass is 236 g/mol. The molecule has 0 spiro atoms. The van der Waals surface area contributed by atoms with Gasteiger partial charge in [0.1, 0.15) is 6.61 Å². The van der Waals surface area contributed by atoms with Gasteiger partial charge in [0.15, 0.2) is 5.78 Å². The van der Waals surface area contributed by atoms with Crippen LogP contribution in [-0.2, 0) is 9.47 Å². The largest absolute Gasteiger partial charge is 0.382 e. The van der Waals surface area contributed by atoms with Gasteiger partial charge in [-0.15, -0.1) is 0 Å². The van der Waals surface area contributed by atoms with E-state index in [0.29, 0.717) is 12.2 Å². The van der Waals surface area contributed by atoms with Crippen LogP contribution in [0.25, 0.3) is 0 Å². The van der Waals surface area contributed by atoms with Crippen LogP contribution in [0, 0.1) is 13.8 Å². The summed E-state index contributed by atoms with van der Waals surface area (Å²) in [5, 5.41) is 0. The van der Waals surface area contributed by atoms with Crippen molar-refractivity contribution < 1.29 is 14.3 Å². The molecule has 1 aromatic carbocycles. The number of ketones is 1. The Hall–Kier alpha value is -1.19.